The first-order chi connectivity index (χ1) is 30.8. The molecule has 62 heavy (non-hydrogen) atoms. The Bertz CT molecular complexity index is 3810. The number of para-hydroxylation sites is 5. The lowest BCUT2D eigenvalue weighted by Gasteiger charge is -2.26. The van der Waals surface area contributed by atoms with Gasteiger partial charge in [-0.05, 0) is 94.7 Å². The molecule has 4 nitrogen and oxygen atoms in total. The molecule has 0 aliphatic carbocycles. The van der Waals surface area contributed by atoms with Crippen LogP contribution in [0, 0.1) is 0 Å². The molecule has 290 valence electrons. The molecule has 3 aromatic heterocycles. The number of rotatable bonds is 6. The summed E-state index contributed by atoms with van der Waals surface area (Å²) in [5.74, 6) is 0. The third kappa shape index (κ3) is 5.20. The highest BCUT2D eigenvalue weighted by molar-refractivity contribution is 6.14. The van der Waals surface area contributed by atoms with Crippen LogP contribution >= 0.6 is 0 Å². The van der Waals surface area contributed by atoms with Crippen molar-refractivity contribution in [1.29, 1.82) is 0 Å². The fourth-order valence-electron chi connectivity index (χ4n) is 9.94. The van der Waals surface area contributed by atoms with Crippen molar-refractivity contribution in [2.75, 3.05) is 4.90 Å². The molecule has 0 aliphatic heterocycles. The Labute approximate surface area is 357 Å². The van der Waals surface area contributed by atoms with E-state index in [2.05, 4.69) is 238 Å². The van der Waals surface area contributed by atoms with Crippen molar-refractivity contribution >= 4 is 93.4 Å². The number of anilines is 3. The van der Waals surface area contributed by atoms with Gasteiger partial charge in [-0.1, -0.05) is 146 Å². The summed E-state index contributed by atoms with van der Waals surface area (Å²) in [6.45, 7) is 0. The summed E-state index contributed by atoms with van der Waals surface area (Å²) in [5.41, 5.74) is 14.0. The summed E-state index contributed by atoms with van der Waals surface area (Å²) in [6.07, 6.45) is 0. The Kier molecular flexibility index (Phi) is 7.57. The number of aromatic nitrogens is 2. The zero-order valence-corrected chi connectivity index (χ0v) is 33.6. The summed E-state index contributed by atoms with van der Waals surface area (Å²) in [5, 5.41) is 9.54. The molecule has 3 heterocycles. The van der Waals surface area contributed by atoms with Crippen molar-refractivity contribution in [2.24, 2.45) is 0 Å². The minimum Gasteiger partial charge on any atom is -0.454 e. The maximum absolute atomic E-state index is 7.02. The number of fused-ring (bicyclic) bond motifs is 10. The third-order valence-electron chi connectivity index (χ3n) is 12.7. The van der Waals surface area contributed by atoms with Crippen molar-refractivity contribution in [3.8, 4) is 22.5 Å². The third-order valence-corrected chi connectivity index (χ3v) is 12.7. The molecule has 0 N–H and O–H groups in total. The van der Waals surface area contributed by atoms with Gasteiger partial charge in [0.05, 0.1) is 27.8 Å². The predicted octanol–water partition coefficient (Wildman–Crippen LogP) is 16.1. The normalized spacial score (nSPS) is 11.9. The highest BCUT2D eigenvalue weighted by Gasteiger charge is 2.21. The Balaban J connectivity index is 1.02. The zero-order valence-electron chi connectivity index (χ0n) is 33.6. The fourth-order valence-corrected chi connectivity index (χ4v) is 9.94. The van der Waals surface area contributed by atoms with Crippen LogP contribution in [0.25, 0.3) is 98.8 Å². The standard InChI is InChI=1S/C58H37N3O/c1-2-16-40(17-3-1)60-52-24-9-6-21-48(52)49-34-32-42(36-56(49)60)59(41-30-28-39(29-31-41)45-22-12-15-38-14-4-5-18-44(38)45)43-33-35-50-51-23-13-27-55(58(51)62-57(50)37-43)61-53-25-10-7-19-46(53)47-20-8-11-26-54(47)61/h1-37H. The van der Waals surface area contributed by atoms with Crippen LogP contribution in [-0.2, 0) is 0 Å². The molecule has 4 heteroatoms. The minimum absolute atomic E-state index is 0.836. The summed E-state index contributed by atoms with van der Waals surface area (Å²) in [4.78, 5) is 2.36. The van der Waals surface area contributed by atoms with Crippen LogP contribution in [0.2, 0.25) is 0 Å². The maximum atomic E-state index is 7.02. The zero-order chi connectivity index (χ0) is 40.7. The van der Waals surface area contributed by atoms with Crippen LogP contribution in [-0.4, -0.2) is 9.13 Å². The van der Waals surface area contributed by atoms with Gasteiger partial charge in [0.25, 0.3) is 0 Å². The Morgan fingerprint density at radius 2 is 0.871 bits per heavy atom. The molecule has 0 aliphatic rings. The quantitative estimate of drug-likeness (QED) is 0.168. The highest BCUT2D eigenvalue weighted by Crippen LogP contribution is 2.44. The van der Waals surface area contributed by atoms with Gasteiger partial charge in [0.2, 0.25) is 0 Å². The van der Waals surface area contributed by atoms with Gasteiger partial charge in [-0.25, -0.2) is 0 Å². The van der Waals surface area contributed by atoms with Crippen molar-refractivity contribution in [2.45, 2.75) is 0 Å². The van der Waals surface area contributed by atoms with Gasteiger partial charge in [-0.3, -0.25) is 0 Å². The molecule has 0 radical (unpaired) electrons. The molecule has 13 rings (SSSR count). The molecule has 0 atom stereocenters. The van der Waals surface area contributed by atoms with E-state index in [1.165, 1.54) is 49.0 Å². The average molecular weight is 792 g/mol. The lowest BCUT2D eigenvalue weighted by molar-refractivity contribution is 0.666. The van der Waals surface area contributed by atoms with Crippen LogP contribution in [0.15, 0.2) is 229 Å². The fraction of sp³-hybridized carbons (Fsp3) is 0. The predicted molar refractivity (Wildman–Crippen MR) is 260 cm³/mol. The van der Waals surface area contributed by atoms with Crippen molar-refractivity contribution in [1.82, 2.24) is 9.13 Å². The lowest BCUT2D eigenvalue weighted by atomic mass is 9.98. The number of furan rings is 1. The van der Waals surface area contributed by atoms with E-state index in [1.54, 1.807) is 0 Å². The monoisotopic (exact) mass is 791 g/mol. The van der Waals surface area contributed by atoms with E-state index >= 15 is 0 Å². The minimum atomic E-state index is 0.836. The van der Waals surface area contributed by atoms with Crippen LogP contribution in [0.4, 0.5) is 17.1 Å². The number of nitrogens with zero attached hydrogens (tertiary/aromatic N) is 3. The molecule has 13 aromatic rings. The van der Waals surface area contributed by atoms with Gasteiger partial charge in [0.15, 0.2) is 5.58 Å². The molecule has 0 bridgehead atoms. The Morgan fingerprint density at radius 3 is 1.60 bits per heavy atom. The van der Waals surface area contributed by atoms with Gasteiger partial charge in [0, 0.05) is 61.1 Å². The molecule has 0 saturated heterocycles. The second-order valence-corrected chi connectivity index (χ2v) is 16.1. The van der Waals surface area contributed by atoms with Gasteiger partial charge in [-0.15, -0.1) is 0 Å². The van der Waals surface area contributed by atoms with E-state index in [4.69, 9.17) is 4.42 Å². The van der Waals surface area contributed by atoms with E-state index in [1.807, 2.05) is 0 Å². The SMILES string of the molecule is c1ccc(-n2c3ccccc3c3ccc(N(c4ccc(-c5cccc6ccccc56)cc4)c4ccc5c(c4)oc4c(-n6c7ccccc7c7ccccc76)cccc45)cc32)cc1. The van der Waals surface area contributed by atoms with Gasteiger partial charge in [-0.2, -0.15) is 0 Å². The van der Waals surface area contributed by atoms with E-state index in [0.717, 1.165) is 66.9 Å². The van der Waals surface area contributed by atoms with E-state index in [9.17, 15) is 0 Å². The topological polar surface area (TPSA) is 26.2 Å². The van der Waals surface area contributed by atoms with Crippen molar-refractivity contribution in [3.63, 3.8) is 0 Å². The summed E-state index contributed by atoms with van der Waals surface area (Å²) in [7, 11) is 0. The molecular weight excluding hydrogens is 755 g/mol. The molecule has 0 saturated carbocycles. The maximum Gasteiger partial charge on any atom is 0.159 e. The number of benzene rings is 10. The lowest BCUT2D eigenvalue weighted by Crippen LogP contribution is -2.10. The van der Waals surface area contributed by atoms with Crippen molar-refractivity contribution in [3.05, 3.63) is 224 Å². The summed E-state index contributed by atoms with van der Waals surface area (Å²) in [6, 6.07) is 80.8. The highest BCUT2D eigenvalue weighted by atomic mass is 16.3. The first-order valence-corrected chi connectivity index (χ1v) is 21.2. The Hall–Kier alpha value is -8.34. The van der Waals surface area contributed by atoms with Crippen molar-refractivity contribution < 1.29 is 4.42 Å². The smallest absolute Gasteiger partial charge is 0.159 e. The average Bonchev–Trinajstić information content (AvgIpc) is 3.99. The van der Waals surface area contributed by atoms with Crippen LogP contribution in [0.3, 0.4) is 0 Å². The molecule has 0 amide bonds. The molecule has 0 unspecified atom stereocenters. The Morgan fingerprint density at radius 1 is 0.339 bits per heavy atom. The molecule has 0 fully saturated rings. The van der Waals surface area contributed by atoms with E-state index in [-0.39, 0.29) is 0 Å². The van der Waals surface area contributed by atoms with Gasteiger partial charge in [0.1, 0.15) is 5.58 Å². The summed E-state index contributed by atoms with van der Waals surface area (Å²) < 4.78 is 11.8. The van der Waals surface area contributed by atoms with Gasteiger partial charge >= 0.3 is 0 Å². The summed E-state index contributed by atoms with van der Waals surface area (Å²) >= 11 is 0. The largest absolute Gasteiger partial charge is 0.454 e. The van der Waals surface area contributed by atoms with Crippen LogP contribution in [0.5, 0.6) is 0 Å². The van der Waals surface area contributed by atoms with E-state index < -0.39 is 0 Å². The molecule has 0 spiro atoms. The second kappa shape index (κ2) is 13.6. The van der Waals surface area contributed by atoms with Gasteiger partial charge < -0.3 is 18.5 Å². The number of hydrogen-bond donors (Lipinski definition) is 0. The van der Waals surface area contributed by atoms with Crippen LogP contribution in [0.1, 0.15) is 0 Å². The molecular formula is C58H37N3O. The number of hydrogen-bond acceptors (Lipinski definition) is 2. The van der Waals surface area contributed by atoms with E-state index in [0.29, 0.717) is 0 Å². The van der Waals surface area contributed by atoms with Crippen LogP contribution < -0.4 is 4.90 Å². The molecule has 10 aromatic carbocycles. The second-order valence-electron chi connectivity index (χ2n) is 16.1. The first kappa shape index (κ1) is 34.5. The first-order valence-electron chi connectivity index (χ1n) is 21.2.